The molecule has 2 nitrogen and oxygen atoms in total. The summed E-state index contributed by atoms with van der Waals surface area (Å²) in [6, 6.07) is 0. The van der Waals surface area contributed by atoms with E-state index in [9.17, 15) is 31.1 Å². The van der Waals surface area contributed by atoms with Crippen molar-refractivity contribution in [1.82, 2.24) is 0 Å². The lowest BCUT2D eigenvalue weighted by atomic mass is 9.78. The van der Waals surface area contributed by atoms with Crippen LogP contribution in [0.25, 0.3) is 0 Å². The Bertz CT molecular complexity index is 347. The molecule has 22 heavy (non-hydrogen) atoms. The third kappa shape index (κ3) is 4.78. The Balaban J connectivity index is 5.79. The van der Waals surface area contributed by atoms with Gasteiger partial charge in [-0.1, -0.05) is 40.0 Å². The van der Waals surface area contributed by atoms with Gasteiger partial charge in [0, 0.05) is 13.3 Å². The van der Waals surface area contributed by atoms with Crippen molar-refractivity contribution in [2.24, 2.45) is 11.8 Å². The first kappa shape index (κ1) is 21.0. The van der Waals surface area contributed by atoms with Gasteiger partial charge in [0.2, 0.25) is 0 Å². The second-order valence-electron chi connectivity index (χ2n) is 5.55. The lowest BCUT2D eigenvalue weighted by molar-refractivity contribution is -0.374. The van der Waals surface area contributed by atoms with E-state index in [1.54, 1.807) is 13.8 Å². The number of hydrogen-bond acceptors (Lipinski definition) is 2. The van der Waals surface area contributed by atoms with Gasteiger partial charge < -0.3 is 4.74 Å². The molecule has 0 aromatic rings. The second-order valence-corrected chi connectivity index (χ2v) is 5.55. The molecule has 0 aliphatic rings. The van der Waals surface area contributed by atoms with Crippen LogP contribution in [0.1, 0.15) is 53.4 Å². The van der Waals surface area contributed by atoms with Crippen molar-refractivity contribution >= 4 is 5.97 Å². The van der Waals surface area contributed by atoms with Gasteiger partial charge in [-0.2, -0.15) is 26.3 Å². The van der Waals surface area contributed by atoms with E-state index in [1.807, 2.05) is 0 Å². The smallest absolute Gasteiger partial charge is 0.437 e. The van der Waals surface area contributed by atoms with Crippen LogP contribution in [-0.2, 0) is 9.53 Å². The quantitative estimate of drug-likeness (QED) is 0.468. The van der Waals surface area contributed by atoms with Crippen LogP contribution >= 0.6 is 0 Å². The Hall–Kier alpha value is -0.950. The molecule has 0 heterocycles. The molecule has 0 rings (SSSR count). The average molecular weight is 336 g/mol. The molecule has 0 fully saturated rings. The highest BCUT2D eigenvalue weighted by Gasteiger charge is 2.74. The fourth-order valence-corrected chi connectivity index (χ4v) is 2.60. The van der Waals surface area contributed by atoms with E-state index >= 15 is 0 Å². The first-order valence-corrected chi connectivity index (χ1v) is 7.15. The van der Waals surface area contributed by atoms with Crippen LogP contribution in [-0.4, -0.2) is 23.9 Å². The maximum absolute atomic E-state index is 13.2. The molecule has 132 valence electrons. The Morgan fingerprint density at radius 2 is 1.50 bits per heavy atom. The van der Waals surface area contributed by atoms with Crippen molar-refractivity contribution in [2.75, 3.05) is 0 Å². The third-order valence-electron chi connectivity index (χ3n) is 3.86. The number of halogens is 6. The van der Waals surface area contributed by atoms with E-state index in [0.717, 1.165) is 0 Å². The predicted molar refractivity (Wildman–Crippen MR) is 69.1 cm³/mol. The molecule has 0 aliphatic heterocycles. The van der Waals surface area contributed by atoms with Gasteiger partial charge >= 0.3 is 23.9 Å². The summed E-state index contributed by atoms with van der Waals surface area (Å²) in [5.41, 5.74) is -4.45. The Morgan fingerprint density at radius 3 is 1.77 bits per heavy atom. The van der Waals surface area contributed by atoms with E-state index in [0.29, 0.717) is 19.8 Å². The summed E-state index contributed by atoms with van der Waals surface area (Å²) in [4.78, 5) is 10.9. The minimum atomic E-state index is -5.73. The summed E-state index contributed by atoms with van der Waals surface area (Å²) < 4.78 is 82.9. The van der Waals surface area contributed by atoms with Gasteiger partial charge in [0.15, 0.2) is 0 Å². The molecule has 0 N–H and O–H groups in total. The normalized spacial score (nSPS) is 16.3. The van der Waals surface area contributed by atoms with Crippen molar-refractivity contribution in [3.63, 3.8) is 0 Å². The van der Waals surface area contributed by atoms with E-state index < -0.39 is 36.3 Å². The number of carbonyl (C=O) groups is 1. The number of carbonyl (C=O) groups excluding carboxylic acids is 1. The maximum atomic E-state index is 13.2. The highest BCUT2D eigenvalue weighted by molar-refractivity contribution is 5.66. The molecule has 2 atom stereocenters. The van der Waals surface area contributed by atoms with Gasteiger partial charge in [0.05, 0.1) is 0 Å². The lowest BCUT2D eigenvalue weighted by Gasteiger charge is -2.39. The summed E-state index contributed by atoms with van der Waals surface area (Å²) in [7, 11) is 0. The standard InChI is InChI=1S/C14H22F6O2/c1-5-7-9(3)11(6-2)8-12(13(15,16)17,14(18,19)20)22-10(4)21/h9,11H,5-8H2,1-4H3. The molecule has 0 aromatic heterocycles. The van der Waals surface area contributed by atoms with Gasteiger partial charge in [0.1, 0.15) is 0 Å². The fourth-order valence-electron chi connectivity index (χ4n) is 2.60. The van der Waals surface area contributed by atoms with Crippen LogP contribution in [0.2, 0.25) is 0 Å². The van der Waals surface area contributed by atoms with Crippen molar-refractivity contribution < 1.29 is 35.9 Å². The van der Waals surface area contributed by atoms with Crippen LogP contribution in [0, 0.1) is 11.8 Å². The van der Waals surface area contributed by atoms with Crippen LogP contribution < -0.4 is 0 Å². The molecule has 0 aliphatic carbocycles. The Kier molecular flexibility index (Phi) is 7.22. The van der Waals surface area contributed by atoms with E-state index in [-0.39, 0.29) is 12.3 Å². The molecule has 0 amide bonds. The monoisotopic (exact) mass is 336 g/mol. The van der Waals surface area contributed by atoms with Crippen LogP contribution in [0.3, 0.4) is 0 Å². The SMILES string of the molecule is CCCC(C)C(CC)CC(OC(C)=O)(C(F)(F)F)C(F)(F)F. The summed E-state index contributed by atoms with van der Waals surface area (Å²) in [5, 5.41) is 0. The molecule has 8 heteroatoms. The van der Waals surface area contributed by atoms with Crippen LogP contribution in [0.15, 0.2) is 0 Å². The highest BCUT2D eigenvalue weighted by Crippen LogP contribution is 2.51. The molecular formula is C14H22F6O2. The summed E-state index contributed by atoms with van der Waals surface area (Å²) in [6.45, 7) is 5.49. The van der Waals surface area contributed by atoms with Gasteiger partial charge in [-0.3, -0.25) is 4.79 Å². The second kappa shape index (κ2) is 7.55. The minimum absolute atomic E-state index is 0.135. The van der Waals surface area contributed by atoms with Gasteiger partial charge in [0.25, 0.3) is 0 Å². The number of alkyl halides is 6. The summed E-state index contributed by atoms with van der Waals surface area (Å²) in [6.07, 6.45) is -11.5. The zero-order chi connectivity index (χ0) is 17.8. The first-order chi connectivity index (χ1) is 9.82. The number of esters is 1. The van der Waals surface area contributed by atoms with E-state index in [2.05, 4.69) is 4.74 Å². The Morgan fingerprint density at radius 1 is 1.05 bits per heavy atom. The molecule has 0 spiro atoms. The number of hydrogen-bond donors (Lipinski definition) is 0. The summed E-state index contributed by atoms with van der Waals surface area (Å²) in [5.74, 6) is -2.80. The van der Waals surface area contributed by atoms with Crippen LogP contribution in [0.5, 0.6) is 0 Å². The first-order valence-electron chi connectivity index (χ1n) is 7.15. The van der Waals surface area contributed by atoms with E-state index in [4.69, 9.17) is 0 Å². The maximum Gasteiger partial charge on any atom is 0.437 e. The molecular weight excluding hydrogens is 314 g/mol. The van der Waals surface area contributed by atoms with Gasteiger partial charge in [-0.15, -0.1) is 0 Å². The van der Waals surface area contributed by atoms with Gasteiger partial charge in [-0.05, 0) is 11.8 Å². The molecule has 2 unspecified atom stereocenters. The Labute approximate surface area is 126 Å². The van der Waals surface area contributed by atoms with E-state index in [1.165, 1.54) is 6.92 Å². The zero-order valence-electron chi connectivity index (χ0n) is 13.1. The molecule has 0 bridgehead atoms. The third-order valence-corrected chi connectivity index (χ3v) is 3.86. The van der Waals surface area contributed by atoms with Crippen molar-refractivity contribution in [3.8, 4) is 0 Å². The average Bonchev–Trinajstić information content (AvgIpc) is 2.30. The highest BCUT2D eigenvalue weighted by atomic mass is 19.4. The van der Waals surface area contributed by atoms with Crippen molar-refractivity contribution in [3.05, 3.63) is 0 Å². The molecule has 0 aromatic carbocycles. The lowest BCUT2D eigenvalue weighted by Crippen LogP contribution is -2.60. The van der Waals surface area contributed by atoms with Crippen molar-refractivity contribution in [2.45, 2.75) is 71.3 Å². The van der Waals surface area contributed by atoms with Gasteiger partial charge in [-0.25, -0.2) is 0 Å². The topological polar surface area (TPSA) is 26.3 Å². The van der Waals surface area contributed by atoms with Crippen LogP contribution in [0.4, 0.5) is 26.3 Å². The zero-order valence-corrected chi connectivity index (χ0v) is 13.1. The predicted octanol–water partition coefficient (Wildman–Crippen LogP) is 5.27. The van der Waals surface area contributed by atoms with Crippen molar-refractivity contribution in [1.29, 1.82) is 0 Å². The minimum Gasteiger partial charge on any atom is -0.440 e. The molecule has 0 radical (unpaired) electrons. The largest absolute Gasteiger partial charge is 0.440 e. The molecule has 0 saturated heterocycles. The number of ether oxygens (including phenoxy) is 1. The number of rotatable bonds is 7. The fraction of sp³-hybridized carbons (Fsp3) is 0.929. The summed E-state index contributed by atoms with van der Waals surface area (Å²) >= 11 is 0. The molecule has 0 saturated carbocycles.